The van der Waals surface area contributed by atoms with Crippen molar-refractivity contribution in [2.45, 2.75) is 37.8 Å². The van der Waals surface area contributed by atoms with Gasteiger partial charge in [0.25, 0.3) is 5.91 Å². The van der Waals surface area contributed by atoms with Crippen LogP contribution in [-0.4, -0.2) is 48.5 Å². The van der Waals surface area contributed by atoms with Crippen LogP contribution >= 0.6 is 0 Å². The zero-order valence-corrected chi connectivity index (χ0v) is 17.4. The molecule has 1 heterocycles. The van der Waals surface area contributed by atoms with Gasteiger partial charge in [-0.05, 0) is 74.2 Å². The molecule has 1 aliphatic heterocycles. The summed E-state index contributed by atoms with van der Waals surface area (Å²) in [5.74, 6) is 0.311. The first kappa shape index (κ1) is 20.7. The highest BCUT2D eigenvalue weighted by molar-refractivity contribution is 6.02. The number of likely N-dealkylation sites (tertiary alicyclic amines) is 1. The molecule has 2 aliphatic rings. The molecule has 8 heteroatoms. The van der Waals surface area contributed by atoms with E-state index in [1.165, 1.54) is 0 Å². The second-order valence-corrected chi connectivity index (χ2v) is 7.82. The van der Waals surface area contributed by atoms with Crippen LogP contribution in [0.5, 0.6) is 5.75 Å². The van der Waals surface area contributed by atoms with E-state index in [9.17, 15) is 14.4 Å². The summed E-state index contributed by atoms with van der Waals surface area (Å²) in [4.78, 5) is 39.3. The Morgan fingerprint density at radius 3 is 2.19 bits per heavy atom. The molecule has 0 radical (unpaired) electrons. The lowest BCUT2D eigenvalue weighted by atomic mass is 10.1. The summed E-state index contributed by atoms with van der Waals surface area (Å²) < 4.78 is 5.13. The van der Waals surface area contributed by atoms with Gasteiger partial charge >= 0.3 is 6.03 Å². The number of benzene rings is 2. The van der Waals surface area contributed by atoms with Crippen LogP contribution in [0.15, 0.2) is 48.5 Å². The van der Waals surface area contributed by atoms with Gasteiger partial charge in [-0.3, -0.25) is 9.59 Å². The molecule has 1 aliphatic carbocycles. The molecule has 31 heavy (non-hydrogen) atoms. The Hall–Kier alpha value is -3.55. The fraction of sp³-hybridized carbons (Fsp3) is 0.348. The highest BCUT2D eigenvalue weighted by Crippen LogP contribution is 2.23. The molecule has 1 atom stereocenters. The van der Waals surface area contributed by atoms with Gasteiger partial charge in [-0.1, -0.05) is 0 Å². The van der Waals surface area contributed by atoms with Gasteiger partial charge < -0.3 is 25.6 Å². The average molecular weight is 422 g/mol. The van der Waals surface area contributed by atoms with Crippen LogP contribution in [0.3, 0.4) is 0 Å². The minimum Gasteiger partial charge on any atom is -0.497 e. The maximum absolute atomic E-state index is 13.0. The summed E-state index contributed by atoms with van der Waals surface area (Å²) in [6.45, 7) is 0.531. The molecule has 3 N–H and O–H groups in total. The van der Waals surface area contributed by atoms with Crippen LogP contribution in [-0.2, 0) is 4.79 Å². The summed E-state index contributed by atoms with van der Waals surface area (Å²) in [7, 11) is 1.58. The van der Waals surface area contributed by atoms with Gasteiger partial charge in [-0.2, -0.15) is 0 Å². The smallest absolute Gasteiger partial charge is 0.319 e. The highest BCUT2D eigenvalue weighted by Gasteiger charge is 2.34. The van der Waals surface area contributed by atoms with Gasteiger partial charge in [0.1, 0.15) is 11.8 Å². The lowest BCUT2D eigenvalue weighted by molar-refractivity contribution is -0.119. The van der Waals surface area contributed by atoms with Crippen LogP contribution in [0, 0.1) is 0 Å². The largest absolute Gasteiger partial charge is 0.497 e. The van der Waals surface area contributed by atoms with E-state index in [1.807, 2.05) is 0 Å². The van der Waals surface area contributed by atoms with E-state index in [1.54, 1.807) is 60.5 Å². The maximum Gasteiger partial charge on any atom is 0.319 e. The maximum atomic E-state index is 13.0. The summed E-state index contributed by atoms with van der Waals surface area (Å²) in [6, 6.07) is 13.3. The summed E-state index contributed by atoms with van der Waals surface area (Å²) in [6.07, 6.45) is 3.43. The third kappa shape index (κ3) is 5.14. The van der Waals surface area contributed by atoms with E-state index >= 15 is 0 Å². The van der Waals surface area contributed by atoms with Crippen LogP contribution in [0.1, 0.15) is 36.0 Å². The van der Waals surface area contributed by atoms with Crippen molar-refractivity contribution in [3.8, 4) is 5.75 Å². The lowest BCUT2D eigenvalue weighted by Gasteiger charge is -2.24. The Morgan fingerprint density at radius 2 is 1.55 bits per heavy atom. The average Bonchev–Trinajstić information content (AvgIpc) is 3.45. The minimum atomic E-state index is -0.517. The van der Waals surface area contributed by atoms with Crippen molar-refractivity contribution in [1.82, 2.24) is 10.2 Å². The Labute approximate surface area is 180 Å². The van der Waals surface area contributed by atoms with Crippen LogP contribution in [0.4, 0.5) is 16.2 Å². The predicted molar refractivity (Wildman–Crippen MR) is 117 cm³/mol. The Morgan fingerprint density at radius 1 is 0.903 bits per heavy atom. The number of hydrogen-bond donors (Lipinski definition) is 3. The van der Waals surface area contributed by atoms with E-state index in [-0.39, 0.29) is 23.9 Å². The molecule has 0 aromatic heterocycles. The number of nitrogens with one attached hydrogen (secondary N) is 3. The van der Waals surface area contributed by atoms with Crippen molar-refractivity contribution >= 4 is 29.2 Å². The molecule has 4 amide bonds. The molecular formula is C23H26N4O4. The molecule has 2 fully saturated rings. The molecule has 1 saturated heterocycles. The molecule has 0 bridgehead atoms. The van der Waals surface area contributed by atoms with Gasteiger partial charge in [0.15, 0.2) is 0 Å². The Bertz CT molecular complexity index is 955. The molecule has 162 valence electrons. The lowest BCUT2D eigenvalue weighted by Crippen LogP contribution is -2.43. The second-order valence-electron chi connectivity index (χ2n) is 7.82. The minimum absolute atomic E-state index is 0.193. The van der Waals surface area contributed by atoms with Crippen LogP contribution in [0.25, 0.3) is 0 Å². The summed E-state index contributed by atoms with van der Waals surface area (Å²) in [5.41, 5.74) is 1.76. The molecule has 4 rings (SSSR count). The van der Waals surface area contributed by atoms with Crippen molar-refractivity contribution in [3.05, 3.63) is 54.1 Å². The third-order valence-corrected chi connectivity index (χ3v) is 5.48. The predicted octanol–water partition coefficient (Wildman–Crippen LogP) is 3.22. The van der Waals surface area contributed by atoms with Crippen LogP contribution in [0.2, 0.25) is 0 Å². The number of hydrogen-bond acceptors (Lipinski definition) is 4. The Kier molecular flexibility index (Phi) is 6.06. The van der Waals surface area contributed by atoms with Crippen LogP contribution < -0.4 is 20.7 Å². The van der Waals surface area contributed by atoms with E-state index < -0.39 is 6.04 Å². The molecule has 2 aromatic carbocycles. The SMILES string of the molecule is COc1ccc(NC(=O)C2CCCN2C(=O)c2ccc(NC(=O)NC3CC3)cc2)cc1. The molecule has 0 spiro atoms. The number of carbonyl (C=O) groups is 3. The molecular weight excluding hydrogens is 396 g/mol. The fourth-order valence-electron chi connectivity index (χ4n) is 3.62. The number of ether oxygens (including phenoxy) is 1. The quantitative estimate of drug-likeness (QED) is 0.665. The molecule has 1 saturated carbocycles. The number of anilines is 2. The van der Waals surface area contributed by atoms with Gasteiger partial charge in [0.05, 0.1) is 7.11 Å². The van der Waals surface area contributed by atoms with Crippen molar-refractivity contribution in [1.29, 1.82) is 0 Å². The third-order valence-electron chi connectivity index (χ3n) is 5.48. The van der Waals surface area contributed by atoms with Gasteiger partial charge in [0.2, 0.25) is 5.91 Å². The van der Waals surface area contributed by atoms with Gasteiger partial charge in [0, 0.05) is 29.5 Å². The molecule has 2 aromatic rings. The number of urea groups is 1. The number of carbonyl (C=O) groups excluding carboxylic acids is 3. The number of amides is 4. The number of rotatable bonds is 6. The first-order valence-electron chi connectivity index (χ1n) is 10.5. The van der Waals surface area contributed by atoms with E-state index in [4.69, 9.17) is 4.74 Å². The van der Waals surface area contributed by atoms with Crippen molar-refractivity contribution in [2.24, 2.45) is 0 Å². The topological polar surface area (TPSA) is 99.8 Å². The first-order valence-corrected chi connectivity index (χ1v) is 10.5. The van der Waals surface area contributed by atoms with Crippen molar-refractivity contribution in [2.75, 3.05) is 24.3 Å². The monoisotopic (exact) mass is 422 g/mol. The van der Waals surface area contributed by atoms with Crippen molar-refractivity contribution < 1.29 is 19.1 Å². The van der Waals surface area contributed by atoms with Crippen molar-refractivity contribution in [3.63, 3.8) is 0 Å². The fourth-order valence-corrected chi connectivity index (χ4v) is 3.62. The number of nitrogens with zero attached hydrogens (tertiary/aromatic N) is 1. The molecule has 1 unspecified atom stereocenters. The van der Waals surface area contributed by atoms with E-state index in [0.717, 1.165) is 19.3 Å². The molecule has 8 nitrogen and oxygen atoms in total. The normalized spacial score (nSPS) is 17.7. The van der Waals surface area contributed by atoms with E-state index in [2.05, 4.69) is 16.0 Å². The van der Waals surface area contributed by atoms with E-state index in [0.29, 0.717) is 35.7 Å². The van der Waals surface area contributed by atoms with Gasteiger partial charge in [-0.15, -0.1) is 0 Å². The zero-order valence-electron chi connectivity index (χ0n) is 17.4. The highest BCUT2D eigenvalue weighted by atomic mass is 16.5. The standard InChI is InChI=1S/C23H26N4O4/c1-31-19-12-10-16(11-13-19)24-21(28)20-3-2-14-27(20)22(29)15-4-6-17(7-5-15)25-23(30)26-18-8-9-18/h4-7,10-13,18,20H,2-3,8-9,14H2,1H3,(H,24,28)(H2,25,26,30). The second kappa shape index (κ2) is 9.07. The van der Waals surface area contributed by atoms with Gasteiger partial charge in [-0.25, -0.2) is 4.79 Å². The Balaban J connectivity index is 1.37. The summed E-state index contributed by atoms with van der Waals surface area (Å²) >= 11 is 0. The first-order chi connectivity index (χ1) is 15.0. The zero-order chi connectivity index (χ0) is 21.8. The number of methoxy groups -OCH3 is 1. The summed E-state index contributed by atoms with van der Waals surface area (Å²) in [5, 5.41) is 8.50.